The molecule has 0 saturated carbocycles. The lowest BCUT2D eigenvalue weighted by Gasteiger charge is -2.13. The molecular weight excluding hydrogens is 208 g/mol. The first-order valence-electron chi connectivity index (χ1n) is 6.03. The number of benzene rings is 1. The van der Waals surface area contributed by atoms with E-state index in [9.17, 15) is 0 Å². The summed E-state index contributed by atoms with van der Waals surface area (Å²) < 4.78 is 0. The molecule has 2 heteroatoms. The van der Waals surface area contributed by atoms with Crippen LogP contribution in [0.5, 0.6) is 0 Å². The summed E-state index contributed by atoms with van der Waals surface area (Å²) in [6.07, 6.45) is 4.74. The molecule has 0 spiro atoms. The van der Waals surface area contributed by atoms with Gasteiger partial charge in [0.15, 0.2) is 0 Å². The predicted octanol–water partition coefficient (Wildman–Crippen LogP) is 2.97. The molecular formula is C15H18N2. The van der Waals surface area contributed by atoms with Gasteiger partial charge in [0.05, 0.1) is 0 Å². The van der Waals surface area contributed by atoms with Crippen LogP contribution in [0.25, 0.3) is 0 Å². The van der Waals surface area contributed by atoms with Gasteiger partial charge in [-0.15, -0.1) is 0 Å². The smallest absolute Gasteiger partial charge is 0.0293 e. The Morgan fingerprint density at radius 1 is 1.06 bits per heavy atom. The number of nitrogens with one attached hydrogen (secondary N) is 1. The topological polar surface area (TPSA) is 24.9 Å². The molecule has 0 fully saturated rings. The van der Waals surface area contributed by atoms with Crippen LogP contribution in [0.3, 0.4) is 0 Å². The molecule has 0 aliphatic rings. The highest BCUT2D eigenvalue weighted by molar-refractivity contribution is 5.16. The second-order valence-electron chi connectivity index (χ2n) is 4.19. The Morgan fingerprint density at radius 3 is 2.47 bits per heavy atom. The standard InChI is InChI=1S/C15H18N2/c1-13(15-8-10-16-11-9-15)17-12-7-14-5-3-2-4-6-14/h2-6,8-11,13,17H,7,12H2,1H3/t13-/m0/s1. The average molecular weight is 226 g/mol. The van der Waals surface area contributed by atoms with Crippen molar-refractivity contribution in [2.24, 2.45) is 0 Å². The maximum atomic E-state index is 4.03. The summed E-state index contributed by atoms with van der Waals surface area (Å²) in [5.41, 5.74) is 2.66. The van der Waals surface area contributed by atoms with Crippen molar-refractivity contribution in [3.8, 4) is 0 Å². The Balaban J connectivity index is 1.79. The SMILES string of the molecule is C[C@H](NCCc1ccccc1)c1ccncc1. The minimum absolute atomic E-state index is 0.377. The van der Waals surface area contributed by atoms with Crippen LogP contribution < -0.4 is 5.32 Å². The predicted molar refractivity (Wildman–Crippen MR) is 70.8 cm³/mol. The monoisotopic (exact) mass is 226 g/mol. The van der Waals surface area contributed by atoms with Gasteiger partial charge < -0.3 is 5.32 Å². The van der Waals surface area contributed by atoms with E-state index >= 15 is 0 Å². The molecule has 2 rings (SSSR count). The van der Waals surface area contributed by atoms with Crippen molar-refractivity contribution in [3.05, 3.63) is 66.0 Å². The molecule has 1 atom stereocenters. The molecule has 1 N–H and O–H groups in total. The molecule has 2 aromatic rings. The van der Waals surface area contributed by atoms with Crippen LogP contribution in [0.15, 0.2) is 54.9 Å². The van der Waals surface area contributed by atoms with E-state index in [1.54, 1.807) is 0 Å². The Hall–Kier alpha value is -1.67. The van der Waals surface area contributed by atoms with E-state index in [4.69, 9.17) is 0 Å². The third-order valence-corrected chi connectivity index (χ3v) is 2.91. The van der Waals surface area contributed by atoms with Crippen LogP contribution in [0.1, 0.15) is 24.1 Å². The first kappa shape index (κ1) is 11.8. The Kier molecular flexibility index (Phi) is 4.28. The van der Waals surface area contributed by atoms with Gasteiger partial charge in [-0.3, -0.25) is 4.98 Å². The second kappa shape index (κ2) is 6.16. The molecule has 0 saturated heterocycles. The zero-order valence-corrected chi connectivity index (χ0v) is 10.1. The van der Waals surface area contributed by atoms with E-state index in [2.05, 4.69) is 59.7 Å². The molecule has 2 nitrogen and oxygen atoms in total. The summed E-state index contributed by atoms with van der Waals surface area (Å²) in [4.78, 5) is 4.03. The number of pyridine rings is 1. The molecule has 0 amide bonds. The van der Waals surface area contributed by atoms with Crippen molar-refractivity contribution < 1.29 is 0 Å². The lowest BCUT2D eigenvalue weighted by Crippen LogP contribution is -2.21. The summed E-state index contributed by atoms with van der Waals surface area (Å²) in [5.74, 6) is 0. The molecule has 0 radical (unpaired) electrons. The Morgan fingerprint density at radius 2 is 1.76 bits per heavy atom. The van der Waals surface area contributed by atoms with Gasteiger partial charge in [0.25, 0.3) is 0 Å². The van der Waals surface area contributed by atoms with Crippen LogP contribution in [-0.2, 0) is 6.42 Å². The van der Waals surface area contributed by atoms with E-state index in [-0.39, 0.29) is 0 Å². The summed E-state index contributed by atoms with van der Waals surface area (Å²) in [6.45, 7) is 3.17. The zero-order valence-electron chi connectivity index (χ0n) is 10.1. The molecule has 0 aliphatic carbocycles. The molecule has 1 aromatic heterocycles. The van der Waals surface area contributed by atoms with Gasteiger partial charge in [0, 0.05) is 18.4 Å². The lowest BCUT2D eigenvalue weighted by molar-refractivity contribution is 0.576. The van der Waals surface area contributed by atoms with Crippen molar-refractivity contribution in [2.75, 3.05) is 6.54 Å². The fourth-order valence-corrected chi connectivity index (χ4v) is 1.85. The molecule has 88 valence electrons. The van der Waals surface area contributed by atoms with E-state index in [1.165, 1.54) is 11.1 Å². The average Bonchev–Trinajstić information content (AvgIpc) is 2.41. The van der Waals surface area contributed by atoms with Gasteiger partial charge in [0.1, 0.15) is 0 Å². The van der Waals surface area contributed by atoms with Crippen molar-refractivity contribution in [2.45, 2.75) is 19.4 Å². The number of hydrogen-bond acceptors (Lipinski definition) is 2. The fourth-order valence-electron chi connectivity index (χ4n) is 1.85. The minimum Gasteiger partial charge on any atom is -0.310 e. The second-order valence-corrected chi connectivity index (χ2v) is 4.19. The molecule has 1 heterocycles. The summed E-state index contributed by atoms with van der Waals surface area (Å²) in [6, 6.07) is 15.0. The van der Waals surface area contributed by atoms with E-state index in [1.807, 2.05) is 12.4 Å². The molecule has 0 aliphatic heterocycles. The molecule has 1 aromatic carbocycles. The number of aromatic nitrogens is 1. The third kappa shape index (κ3) is 3.68. The highest BCUT2D eigenvalue weighted by Crippen LogP contribution is 2.10. The van der Waals surface area contributed by atoms with Crippen molar-refractivity contribution in [3.63, 3.8) is 0 Å². The normalized spacial score (nSPS) is 12.3. The quantitative estimate of drug-likeness (QED) is 0.847. The van der Waals surface area contributed by atoms with Crippen molar-refractivity contribution in [1.82, 2.24) is 10.3 Å². The van der Waals surface area contributed by atoms with Crippen LogP contribution in [0.2, 0.25) is 0 Å². The van der Waals surface area contributed by atoms with Crippen LogP contribution in [0.4, 0.5) is 0 Å². The number of rotatable bonds is 5. The van der Waals surface area contributed by atoms with Crippen molar-refractivity contribution >= 4 is 0 Å². The first-order chi connectivity index (χ1) is 8.36. The van der Waals surface area contributed by atoms with E-state index < -0.39 is 0 Å². The Labute approximate surface area is 103 Å². The molecule has 0 bridgehead atoms. The van der Waals surface area contributed by atoms with Gasteiger partial charge in [-0.1, -0.05) is 30.3 Å². The maximum Gasteiger partial charge on any atom is 0.0293 e. The third-order valence-electron chi connectivity index (χ3n) is 2.91. The summed E-state index contributed by atoms with van der Waals surface area (Å²) in [7, 11) is 0. The fraction of sp³-hybridized carbons (Fsp3) is 0.267. The van der Waals surface area contributed by atoms with Gasteiger partial charge in [-0.2, -0.15) is 0 Å². The largest absolute Gasteiger partial charge is 0.310 e. The van der Waals surface area contributed by atoms with Crippen LogP contribution >= 0.6 is 0 Å². The highest BCUT2D eigenvalue weighted by Gasteiger charge is 2.03. The van der Waals surface area contributed by atoms with Crippen LogP contribution in [0, 0.1) is 0 Å². The summed E-state index contributed by atoms with van der Waals surface area (Å²) in [5, 5.41) is 3.52. The van der Waals surface area contributed by atoms with Crippen molar-refractivity contribution in [1.29, 1.82) is 0 Å². The maximum absolute atomic E-state index is 4.03. The lowest BCUT2D eigenvalue weighted by atomic mass is 10.1. The van der Waals surface area contributed by atoms with E-state index in [0.29, 0.717) is 6.04 Å². The van der Waals surface area contributed by atoms with E-state index in [0.717, 1.165) is 13.0 Å². The van der Waals surface area contributed by atoms with Gasteiger partial charge >= 0.3 is 0 Å². The minimum atomic E-state index is 0.377. The first-order valence-corrected chi connectivity index (χ1v) is 6.03. The number of hydrogen-bond donors (Lipinski definition) is 1. The highest BCUT2D eigenvalue weighted by atomic mass is 14.9. The van der Waals surface area contributed by atoms with Gasteiger partial charge in [-0.05, 0) is 43.1 Å². The molecule has 17 heavy (non-hydrogen) atoms. The van der Waals surface area contributed by atoms with Gasteiger partial charge in [0.2, 0.25) is 0 Å². The number of nitrogens with zero attached hydrogens (tertiary/aromatic N) is 1. The zero-order chi connectivity index (χ0) is 11.9. The Bertz CT molecular complexity index is 425. The van der Waals surface area contributed by atoms with Crippen LogP contribution in [-0.4, -0.2) is 11.5 Å². The summed E-state index contributed by atoms with van der Waals surface area (Å²) >= 11 is 0. The molecule has 0 unspecified atom stereocenters. The van der Waals surface area contributed by atoms with Gasteiger partial charge in [-0.25, -0.2) is 0 Å².